The van der Waals surface area contributed by atoms with Crippen LogP contribution in [0.15, 0.2) is 72.3 Å². The van der Waals surface area contributed by atoms with Gasteiger partial charge >= 0.3 is 0 Å². The summed E-state index contributed by atoms with van der Waals surface area (Å²) in [5.74, 6) is -0.0507. The third-order valence-electron chi connectivity index (χ3n) is 4.76. The monoisotopic (exact) mass is 404 g/mol. The Labute approximate surface area is 174 Å². The van der Waals surface area contributed by atoms with E-state index >= 15 is 0 Å². The normalized spacial score (nSPS) is 15.8. The van der Waals surface area contributed by atoms with Gasteiger partial charge < -0.3 is 4.57 Å². The minimum atomic E-state index is -0.0507. The molecule has 3 aromatic rings. The summed E-state index contributed by atoms with van der Waals surface area (Å²) < 4.78 is 2.82. The van der Waals surface area contributed by atoms with Gasteiger partial charge in [-0.05, 0) is 24.6 Å². The first-order valence-electron chi connectivity index (χ1n) is 9.06. The Morgan fingerprint density at radius 3 is 2.64 bits per heavy atom. The van der Waals surface area contributed by atoms with E-state index in [0.717, 1.165) is 23.0 Å². The summed E-state index contributed by atoms with van der Waals surface area (Å²) in [6.45, 7) is 7.02. The van der Waals surface area contributed by atoms with E-state index in [1.165, 1.54) is 22.9 Å². The molecule has 0 unspecified atom stereocenters. The number of hydrogen-bond donors (Lipinski definition) is 0. The van der Waals surface area contributed by atoms with Crippen LogP contribution in [0.4, 0.5) is 0 Å². The SMILES string of the molecule is C=CCN1C(=O)/C(=C\c2cn(Cc3ccc(C)cc3)c3ccccc23)SC1=S. The zero-order chi connectivity index (χ0) is 19.7. The van der Waals surface area contributed by atoms with E-state index in [9.17, 15) is 4.79 Å². The molecule has 0 spiro atoms. The van der Waals surface area contributed by atoms with E-state index in [2.05, 4.69) is 60.7 Å². The molecule has 1 aliphatic heterocycles. The van der Waals surface area contributed by atoms with E-state index in [0.29, 0.717) is 15.8 Å². The van der Waals surface area contributed by atoms with E-state index in [1.54, 1.807) is 11.0 Å². The molecule has 0 bridgehead atoms. The summed E-state index contributed by atoms with van der Waals surface area (Å²) in [7, 11) is 0. The van der Waals surface area contributed by atoms with Crippen molar-refractivity contribution in [2.24, 2.45) is 0 Å². The molecular formula is C23H20N2OS2. The summed E-state index contributed by atoms with van der Waals surface area (Å²) >= 11 is 6.70. The number of thioether (sulfide) groups is 1. The van der Waals surface area contributed by atoms with Crippen LogP contribution in [0.2, 0.25) is 0 Å². The molecule has 0 aliphatic carbocycles. The molecule has 1 aromatic heterocycles. The minimum absolute atomic E-state index is 0.0507. The van der Waals surface area contributed by atoms with E-state index in [1.807, 2.05) is 18.2 Å². The maximum Gasteiger partial charge on any atom is 0.266 e. The number of hydrogen-bond acceptors (Lipinski definition) is 3. The second kappa shape index (κ2) is 7.78. The summed E-state index contributed by atoms with van der Waals surface area (Å²) in [5.41, 5.74) is 4.68. The highest BCUT2D eigenvalue weighted by molar-refractivity contribution is 8.26. The van der Waals surface area contributed by atoms with E-state index < -0.39 is 0 Å². The van der Waals surface area contributed by atoms with Gasteiger partial charge in [0, 0.05) is 35.8 Å². The molecule has 1 amide bonds. The Kier molecular flexibility index (Phi) is 5.20. The number of carbonyl (C=O) groups is 1. The van der Waals surface area contributed by atoms with Gasteiger partial charge in [-0.3, -0.25) is 9.69 Å². The van der Waals surface area contributed by atoms with Gasteiger partial charge in [-0.1, -0.05) is 78.1 Å². The van der Waals surface area contributed by atoms with Gasteiger partial charge in [0.05, 0.1) is 4.91 Å². The van der Waals surface area contributed by atoms with Gasteiger partial charge in [0.15, 0.2) is 0 Å². The van der Waals surface area contributed by atoms with Crippen LogP contribution < -0.4 is 0 Å². The molecule has 28 heavy (non-hydrogen) atoms. The standard InChI is InChI=1S/C23H20N2OS2/c1-3-12-25-22(26)21(28-23(25)27)13-18-15-24(20-7-5-4-6-19(18)20)14-17-10-8-16(2)9-11-17/h3-11,13,15H,1,12,14H2,2H3/b21-13+. The van der Waals surface area contributed by atoms with Crippen LogP contribution in [0.1, 0.15) is 16.7 Å². The topological polar surface area (TPSA) is 25.2 Å². The summed E-state index contributed by atoms with van der Waals surface area (Å²) in [4.78, 5) is 14.9. The van der Waals surface area contributed by atoms with Gasteiger partial charge in [0.25, 0.3) is 5.91 Å². The Morgan fingerprint density at radius 2 is 1.89 bits per heavy atom. The largest absolute Gasteiger partial charge is 0.342 e. The fraction of sp³-hybridized carbons (Fsp3) is 0.130. The number of aryl methyl sites for hydroxylation is 1. The molecule has 140 valence electrons. The van der Waals surface area contributed by atoms with Crippen molar-refractivity contribution < 1.29 is 4.79 Å². The molecule has 1 aliphatic rings. The lowest BCUT2D eigenvalue weighted by Crippen LogP contribution is -2.27. The Balaban J connectivity index is 1.72. The van der Waals surface area contributed by atoms with Crippen LogP contribution in [-0.4, -0.2) is 26.2 Å². The number of amides is 1. The molecule has 0 atom stereocenters. The second-order valence-corrected chi connectivity index (χ2v) is 8.47. The molecule has 0 N–H and O–H groups in total. The zero-order valence-electron chi connectivity index (χ0n) is 15.6. The summed E-state index contributed by atoms with van der Waals surface area (Å²) in [5, 5.41) is 1.13. The lowest BCUT2D eigenvalue weighted by Gasteiger charge is -2.10. The predicted molar refractivity (Wildman–Crippen MR) is 122 cm³/mol. The molecule has 2 heterocycles. The van der Waals surface area contributed by atoms with Gasteiger partial charge in [-0.25, -0.2) is 0 Å². The quantitative estimate of drug-likeness (QED) is 0.324. The average molecular weight is 405 g/mol. The van der Waals surface area contributed by atoms with E-state index in [4.69, 9.17) is 12.2 Å². The first-order valence-corrected chi connectivity index (χ1v) is 10.3. The van der Waals surface area contributed by atoms with Crippen molar-refractivity contribution in [3.05, 3.63) is 89.0 Å². The molecule has 4 rings (SSSR count). The van der Waals surface area contributed by atoms with E-state index in [-0.39, 0.29) is 5.91 Å². The van der Waals surface area contributed by atoms with Crippen LogP contribution in [0.3, 0.4) is 0 Å². The second-order valence-electron chi connectivity index (χ2n) is 6.80. The Morgan fingerprint density at radius 1 is 1.14 bits per heavy atom. The third kappa shape index (κ3) is 3.55. The van der Waals surface area contributed by atoms with Crippen molar-refractivity contribution in [2.45, 2.75) is 13.5 Å². The highest BCUT2D eigenvalue weighted by atomic mass is 32.2. The van der Waals surface area contributed by atoms with Crippen LogP contribution in [0.25, 0.3) is 17.0 Å². The summed E-state index contributed by atoms with van der Waals surface area (Å²) in [6, 6.07) is 16.9. The van der Waals surface area contributed by atoms with Crippen LogP contribution in [0.5, 0.6) is 0 Å². The molecule has 1 saturated heterocycles. The van der Waals surface area contributed by atoms with Crippen molar-refractivity contribution in [3.8, 4) is 0 Å². The smallest absolute Gasteiger partial charge is 0.266 e. The highest BCUT2D eigenvalue weighted by Gasteiger charge is 2.31. The molecular weight excluding hydrogens is 384 g/mol. The van der Waals surface area contributed by atoms with Gasteiger partial charge in [0.1, 0.15) is 4.32 Å². The van der Waals surface area contributed by atoms with Crippen molar-refractivity contribution in [2.75, 3.05) is 6.54 Å². The number of thiocarbonyl (C=S) groups is 1. The fourth-order valence-electron chi connectivity index (χ4n) is 3.34. The fourth-order valence-corrected chi connectivity index (χ4v) is 4.60. The number of benzene rings is 2. The molecule has 0 saturated carbocycles. The first kappa shape index (κ1) is 18.7. The van der Waals surface area contributed by atoms with Crippen molar-refractivity contribution in [1.29, 1.82) is 0 Å². The number of fused-ring (bicyclic) bond motifs is 1. The average Bonchev–Trinajstić information content (AvgIpc) is 3.17. The molecule has 0 radical (unpaired) electrons. The molecule has 1 fully saturated rings. The Hall–Kier alpha value is -2.63. The molecule has 2 aromatic carbocycles. The number of rotatable bonds is 5. The van der Waals surface area contributed by atoms with Crippen LogP contribution in [0, 0.1) is 6.92 Å². The summed E-state index contributed by atoms with van der Waals surface area (Å²) in [6.07, 6.45) is 5.77. The van der Waals surface area contributed by atoms with Crippen molar-refractivity contribution in [3.63, 3.8) is 0 Å². The highest BCUT2D eigenvalue weighted by Crippen LogP contribution is 2.34. The number of aromatic nitrogens is 1. The molecule has 3 nitrogen and oxygen atoms in total. The third-order valence-corrected chi connectivity index (χ3v) is 6.14. The van der Waals surface area contributed by atoms with Gasteiger partial charge in [-0.2, -0.15) is 0 Å². The zero-order valence-corrected chi connectivity index (χ0v) is 17.2. The first-order chi connectivity index (χ1) is 13.6. The molecule has 5 heteroatoms. The predicted octanol–water partition coefficient (Wildman–Crippen LogP) is 5.39. The minimum Gasteiger partial charge on any atom is -0.342 e. The van der Waals surface area contributed by atoms with Crippen molar-refractivity contribution >= 4 is 51.2 Å². The van der Waals surface area contributed by atoms with Crippen molar-refractivity contribution in [1.82, 2.24) is 9.47 Å². The maximum absolute atomic E-state index is 12.7. The van der Waals surface area contributed by atoms with Gasteiger partial charge in [-0.15, -0.1) is 6.58 Å². The number of carbonyl (C=O) groups excluding carboxylic acids is 1. The lowest BCUT2D eigenvalue weighted by atomic mass is 10.1. The lowest BCUT2D eigenvalue weighted by molar-refractivity contribution is -0.121. The number of para-hydroxylation sites is 1. The van der Waals surface area contributed by atoms with Crippen LogP contribution >= 0.6 is 24.0 Å². The van der Waals surface area contributed by atoms with Gasteiger partial charge in [0.2, 0.25) is 0 Å². The number of nitrogens with zero attached hydrogens (tertiary/aromatic N) is 2. The Bertz CT molecular complexity index is 1110. The van der Waals surface area contributed by atoms with Crippen LogP contribution in [-0.2, 0) is 11.3 Å². The maximum atomic E-state index is 12.7.